The molecule has 0 aliphatic rings. The molecule has 0 radical (unpaired) electrons. The van der Waals surface area contributed by atoms with E-state index in [0.717, 1.165) is 5.56 Å². The van der Waals surface area contributed by atoms with Crippen LogP contribution in [0.15, 0.2) is 53.4 Å². The normalized spacial score (nSPS) is 10.9. The molecule has 0 aromatic heterocycles. The number of hydrogen-bond donors (Lipinski definition) is 3. The molecule has 0 saturated heterocycles. The number of carbonyl (C=O) groups excluding carboxylic acids is 1. The Morgan fingerprint density at radius 1 is 1.08 bits per heavy atom. The lowest BCUT2D eigenvalue weighted by Gasteiger charge is -2.08. The van der Waals surface area contributed by atoms with E-state index in [9.17, 15) is 13.2 Å². The molecule has 0 unspecified atom stereocenters. The lowest BCUT2D eigenvalue weighted by atomic mass is 10.1. The van der Waals surface area contributed by atoms with Crippen molar-refractivity contribution in [2.24, 2.45) is 5.14 Å². The van der Waals surface area contributed by atoms with Crippen molar-refractivity contribution in [2.75, 3.05) is 19.0 Å². The Morgan fingerprint density at radius 3 is 2.25 bits per heavy atom. The molecule has 2 aromatic rings. The highest BCUT2D eigenvalue weighted by Gasteiger charge is 2.07. The minimum Gasteiger partial charge on any atom is -0.497 e. The minimum atomic E-state index is -3.68. The van der Waals surface area contributed by atoms with Crippen LogP contribution in [0.1, 0.15) is 5.56 Å². The van der Waals surface area contributed by atoms with Gasteiger partial charge in [-0.2, -0.15) is 0 Å². The molecule has 2 aromatic carbocycles. The van der Waals surface area contributed by atoms with Crippen molar-refractivity contribution in [1.82, 2.24) is 5.32 Å². The molecule has 8 heteroatoms. The summed E-state index contributed by atoms with van der Waals surface area (Å²) in [5.41, 5.74) is 1.55. The molecule has 0 bridgehead atoms. The van der Waals surface area contributed by atoms with Gasteiger partial charge < -0.3 is 15.4 Å². The van der Waals surface area contributed by atoms with Gasteiger partial charge in [-0.05, 0) is 48.4 Å². The minimum absolute atomic E-state index is 0.0662. The van der Waals surface area contributed by atoms with Crippen molar-refractivity contribution >= 4 is 21.7 Å². The first-order chi connectivity index (χ1) is 11.4. The summed E-state index contributed by atoms with van der Waals surface area (Å²) in [5.74, 6) is 0.712. The number of urea groups is 1. The number of hydrogen-bond acceptors (Lipinski definition) is 4. The van der Waals surface area contributed by atoms with Gasteiger partial charge >= 0.3 is 6.03 Å². The van der Waals surface area contributed by atoms with E-state index in [4.69, 9.17) is 9.88 Å². The third-order valence-electron chi connectivity index (χ3n) is 3.30. The first kappa shape index (κ1) is 17.8. The zero-order valence-corrected chi connectivity index (χ0v) is 14.0. The molecule has 0 aliphatic heterocycles. The number of carbonyl (C=O) groups is 1. The zero-order chi connectivity index (χ0) is 17.6. The summed E-state index contributed by atoms with van der Waals surface area (Å²) in [7, 11) is -2.11. The smallest absolute Gasteiger partial charge is 0.319 e. The summed E-state index contributed by atoms with van der Waals surface area (Å²) in [6.45, 7) is 0.413. The molecule has 2 rings (SSSR count). The summed E-state index contributed by atoms with van der Waals surface area (Å²) in [4.78, 5) is 11.9. The second-order valence-corrected chi connectivity index (χ2v) is 6.61. The number of sulfonamides is 1. The number of amides is 2. The second kappa shape index (κ2) is 7.80. The van der Waals surface area contributed by atoms with Gasteiger partial charge in [-0.3, -0.25) is 0 Å². The SMILES string of the molecule is COc1ccc(NC(=O)NCCc2ccc(S(N)(=O)=O)cc2)cc1. The molecule has 24 heavy (non-hydrogen) atoms. The van der Waals surface area contributed by atoms with Gasteiger partial charge in [-0.25, -0.2) is 18.4 Å². The Bertz CT molecular complexity index is 787. The Labute approximate surface area is 140 Å². The molecule has 128 valence electrons. The molecule has 4 N–H and O–H groups in total. The number of methoxy groups -OCH3 is 1. The molecular weight excluding hydrogens is 330 g/mol. The number of nitrogens with two attached hydrogens (primary N) is 1. The average molecular weight is 349 g/mol. The first-order valence-electron chi connectivity index (χ1n) is 7.19. The van der Waals surface area contributed by atoms with E-state index in [1.54, 1.807) is 43.5 Å². The van der Waals surface area contributed by atoms with Gasteiger partial charge in [0.2, 0.25) is 10.0 Å². The highest BCUT2D eigenvalue weighted by atomic mass is 32.2. The van der Waals surface area contributed by atoms with Crippen LogP contribution in [-0.2, 0) is 16.4 Å². The van der Waals surface area contributed by atoms with Gasteiger partial charge in [0, 0.05) is 12.2 Å². The van der Waals surface area contributed by atoms with Crippen molar-refractivity contribution in [3.05, 3.63) is 54.1 Å². The summed E-state index contributed by atoms with van der Waals surface area (Å²) in [5, 5.41) is 10.5. The van der Waals surface area contributed by atoms with Crippen LogP contribution < -0.4 is 20.5 Å². The predicted molar refractivity (Wildman–Crippen MR) is 91.5 cm³/mol. The molecule has 0 spiro atoms. The molecule has 2 amide bonds. The van der Waals surface area contributed by atoms with Gasteiger partial charge in [-0.15, -0.1) is 0 Å². The Kier molecular flexibility index (Phi) is 5.78. The van der Waals surface area contributed by atoms with Crippen LogP contribution >= 0.6 is 0 Å². The van der Waals surface area contributed by atoms with Gasteiger partial charge in [0.15, 0.2) is 0 Å². The van der Waals surface area contributed by atoms with E-state index in [0.29, 0.717) is 24.4 Å². The average Bonchev–Trinajstić information content (AvgIpc) is 2.55. The summed E-state index contributed by atoms with van der Waals surface area (Å²) in [6, 6.07) is 12.9. The highest BCUT2D eigenvalue weighted by molar-refractivity contribution is 7.89. The van der Waals surface area contributed by atoms with Gasteiger partial charge in [-0.1, -0.05) is 12.1 Å². The van der Waals surface area contributed by atoms with Crippen molar-refractivity contribution in [3.8, 4) is 5.75 Å². The molecule has 0 aliphatic carbocycles. The zero-order valence-electron chi connectivity index (χ0n) is 13.2. The Hall–Kier alpha value is -2.58. The molecular formula is C16H19N3O4S. The highest BCUT2D eigenvalue weighted by Crippen LogP contribution is 2.14. The first-order valence-corrected chi connectivity index (χ1v) is 8.74. The maximum atomic E-state index is 11.8. The fourth-order valence-electron chi connectivity index (χ4n) is 2.02. The summed E-state index contributed by atoms with van der Waals surface area (Å²) < 4.78 is 27.4. The quantitative estimate of drug-likeness (QED) is 0.737. The number of rotatable bonds is 6. The lowest BCUT2D eigenvalue weighted by Crippen LogP contribution is -2.30. The maximum absolute atomic E-state index is 11.8. The van der Waals surface area contributed by atoms with Gasteiger partial charge in [0.1, 0.15) is 5.75 Å². The molecule has 0 heterocycles. The molecule has 0 saturated carbocycles. The van der Waals surface area contributed by atoms with Crippen molar-refractivity contribution in [3.63, 3.8) is 0 Å². The van der Waals surface area contributed by atoms with Crippen molar-refractivity contribution in [2.45, 2.75) is 11.3 Å². The standard InChI is InChI=1S/C16H19N3O4S/c1-23-14-6-4-13(5-7-14)19-16(20)18-11-10-12-2-8-15(9-3-12)24(17,21)22/h2-9H,10-11H2,1H3,(H2,17,21,22)(H2,18,19,20). The second-order valence-electron chi connectivity index (χ2n) is 5.05. The van der Waals surface area contributed by atoms with E-state index in [1.807, 2.05) is 0 Å². The largest absolute Gasteiger partial charge is 0.497 e. The van der Waals surface area contributed by atoms with Crippen molar-refractivity contribution < 1.29 is 17.9 Å². The Balaban J connectivity index is 1.79. The van der Waals surface area contributed by atoms with Crippen LogP contribution in [0.3, 0.4) is 0 Å². The van der Waals surface area contributed by atoms with Crippen LogP contribution in [0.2, 0.25) is 0 Å². The predicted octanol–water partition coefficient (Wildman–Crippen LogP) is 1.71. The molecule has 0 fully saturated rings. The van der Waals surface area contributed by atoms with Gasteiger partial charge in [0.05, 0.1) is 12.0 Å². The van der Waals surface area contributed by atoms with E-state index in [1.165, 1.54) is 12.1 Å². The van der Waals surface area contributed by atoms with E-state index >= 15 is 0 Å². The number of anilines is 1. The molecule has 7 nitrogen and oxygen atoms in total. The van der Waals surface area contributed by atoms with Crippen LogP contribution in [0, 0.1) is 0 Å². The van der Waals surface area contributed by atoms with E-state index in [-0.39, 0.29) is 10.9 Å². The fourth-order valence-corrected chi connectivity index (χ4v) is 2.53. The van der Waals surface area contributed by atoms with Gasteiger partial charge in [0.25, 0.3) is 0 Å². The number of primary sulfonamides is 1. The summed E-state index contributed by atoms with van der Waals surface area (Å²) >= 11 is 0. The monoisotopic (exact) mass is 349 g/mol. The Morgan fingerprint density at radius 2 is 1.71 bits per heavy atom. The van der Waals surface area contributed by atoms with Crippen LogP contribution in [0.4, 0.5) is 10.5 Å². The van der Waals surface area contributed by atoms with E-state index in [2.05, 4.69) is 10.6 Å². The fraction of sp³-hybridized carbons (Fsp3) is 0.188. The third kappa shape index (κ3) is 5.25. The van der Waals surface area contributed by atoms with Crippen LogP contribution in [0.25, 0.3) is 0 Å². The molecule has 0 atom stereocenters. The lowest BCUT2D eigenvalue weighted by molar-refractivity contribution is 0.252. The maximum Gasteiger partial charge on any atom is 0.319 e. The van der Waals surface area contributed by atoms with Crippen molar-refractivity contribution in [1.29, 1.82) is 0 Å². The van der Waals surface area contributed by atoms with Crippen LogP contribution in [-0.4, -0.2) is 28.1 Å². The van der Waals surface area contributed by atoms with E-state index < -0.39 is 10.0 Å². The topological polar surface area (TPSA) is 111 Å². The third-order valence-corrected chi connectivity index (χ3v) is 4.23. The van der Waals surface area contributed by atoms with Crippen LogP contribution in [0.5, 0.6) is 5.75 Å². The number of nitrogens with one attached hydrogen (secondary N) is 2. The number of ether oxygens (including phenoxy) is 1. The summed E-state index contributed by atoms with van der Waals surface area (Å²) in [6.07, 6.45) is 0.570. The number of benzene rings is 2.